The maximum Gasteiger partial charge on any atom is 0.227 e. The number of anilines is 1. The summed E-state index contributed by atoms with van der Waals surface area (Å²) in [6, 6.07) is 8.12. The van der Waals surface area contributed by atoms with Crippen LogP contribution in [0.4, 0.5) is 5.69 Å². The summed E-state index contributed by atoms with van der Waals surface area (Å²) < 4.78 is 28.2. The van der Waals surface area contributed by atoms with Gasteiger partial charge in [0.05, 0.1) is 0 Å². The third-order valence-electron chi connectivity index (χ3n) is 3.85. The highest BCUT2D eigenvalue weighted by atomic mass is 32.2. The summed E-state index contributed by atoms with van der Waals surface area (Å²) in [5.74, 6) is 0.971. The van der Waals surface area contributed by atoms with Crippen LogP contribution < -0.4 is 5.32 Å². The van der Waals surface area contributed by atoms with E-state index >= 15 is 0 Å². The van der Waals surface area contributed by atoms with Gasteiger partial charge < -0.3 is 9.84 Å². The molecule has 7 heteroatoms. The number of nitrogens with one attached hydrogen (secondary N) is 1. The molecule has 0 fully saturated rings. The Morgan fingerprint density at radius 3 is 2.95 bits per heavy atom. The molecular weight excluding hydrogens is 290 g/mol. The molecule has 0 amide bonds. The molecule has 0 spiro atoms. The smallest absolute Gasteiger partial charge is 0.227 e. The summed E-state index contributed by atoms with van der Waals surface area (Å²) in [6.45, 7) is 2.38. The lowest BCUT2D eigenvalue weighted by atomic mass is 9.98. The van der Waals surface area contributed by atoms with Crippen LogP contribution in [0.1, 0.15) is 35.4 Å². The standard InChI is InChI=1S/C14H17N3O3S/c1-9(21(2,18)19)14-16-13(20-17-14)7-10-8-15-12-6-4-3-5-11(10)12/h3-6,9-10,15H,7-8H2,1-2H3. The van der Waals surface area contributed by atoms with Crippen LogP contribution in [0, 0.1) is 0 Å². The number of sulfone groups is 1. The second-order valence-corrected chi connectivity index (χ2v) is 7.75. The Labute approximate surface area is 123 Å². The largest absolute Gasteiger partial charge is 0.384 e. The summed E-state index contributed by atoms with van der Waals surface area (Å²) in [5.41, 5.74) is 2.36. The summed E-state index contributed by atoms with van der Waals surface area (Å²) >= 11 is 0. The van der Waals surface area contributed by atoms with Crippen molar-refractivity contribution in [2.45, 2.75) is 24.5 Å². The van der Waals surface area contributed by atoms with Crippen LogP contribution in [0.5, 0.6) is 0 Å². The first kappa shape index (κ1) is 14.1. The molecule has 1 aromatic heterocycles. The zero-order valence-corrected chi connectivity index (χ0v) is 12.7. The molecule has 21 heavy (non-hydrogen) atoms. The third kappa shape index (κ3) is 2.78. The minimum absolute atomic E-state index is 0.228. The fourth-order valence-corrected chi connectivity index (χ4v) is 2.94. The maximum absolute atomic E-state index is 11.5. The van der Waals surface area contributed by atoms with Crippen molar-refractivity contribution in [2.24, 2.45) is 0 Å². The van der Waals surface area contributed by atoms with Gasteiger partial charge in [-0.3, -0.25) is 0 Å². The van der Waals surface area contributed by atoms with Gasteiger partial charge in [-0.15, -0.1) is 0 Å². The van der Waals surface area contributed by atoms with Crippen molar-refractivity contribution in [3.8, 4) is 0 Å². The summed E-state index contributed by atoms with van der Waals surface area (Å²) in [6.07, 6.45) is 1.78. The molecule has 1 aliphatic heterocycles. The van der Waals surface area contributed by atoms with Gasteiger partial charge in [-0.05, 0) is 18.6 Å². The van der Waals surface area contributed by atoms with Crippen LogP contribution in [0.2, 0.25) is 0 Å². The molecule has 2 heterocycles. The van der Waals surface area contributed by atoms with Gasteiger partial charge in [0.25, 0.3) is 0 Å². The van der Waals surface area contributed by atoms with Crippen LogP contribution in [-0.4, -0.2) is 31.4 Å². The van der Waals surface area contributed by atoms with Gasteiger partial charge in [-0.2, -0.15) is 4.98 Å². The zero-order valence-electron chi connectivity index (χ0n) is 11.9. The number of rotatable bonds is 4. The Morgan fingerprint density at radius 2 is 2.19 bits per heavy atom. The predicted octanol–water partition coefficient (Wildman–Crippen LogP) is 1.93. The number of benzene rings is 1. The lowest BCUT2D eigenvalue weighted by Gasteiger charge is -2.06. The molecule has 1 aromatic carbocycles. The maximum atomic E-state index is 11.5. The van der Waals surface area contributed by atoms with Crippen LogP contribution in [0.25, 0.3) is 0 Å². The van der Waals surface area contributed by atoms with E-state index in [1.165, 1.54) is 11.8 Å². The zero-order chi connectivity index (χ0) is 15.0. The van der Waals surface area contributed by atoms with Crippen molar-refractivity contribution < 1.29 is 12.9 Å². The van der Waals surface area contributed by atoms with Crippen LogP contribution in [0.15, 0.2) is 28.8 Å². The van der Waals surface area contributed by atoms with Crippen molar-refractivity contribution in [2.75, 3.05) is 18.1 Å². The van der Waals surface area contributed by atoms with Crippen molar-refractivity contribution in [1.82, 2.24) is 10.1 Å². The fraction of sp³-hybridized carbons (Fsp3) is 0.429. The molecule has 0 radical (unpaired) electrons. The Balaban J connectivity index is 1.77. The van der Waals surface area contributed by atoms with E-state index in [4.69, 9.17) is 4.52 Å². The lowest BCUT2D eigenvalue weighted by Crippen LogP contribution is -2.10. The molecule has 0 saturated carbocycles. The highest BCUT2D eigenvalue weighted by molar-refractivity contribution is 7.90. The average Bonchev–Trinajstić information content (AvgIpc) is 3.05. The molecule has 0 bridgehead atoms. The number of hydrogen-bond donors (Lipinski definition) is 1. The summed E-state index contributed by atoms with van der Waals surface area (Å²) in [4.78, 5) is 4.23. The molecule has 112 valence electrons. The van der Waals surface area contributed by atoms with Crippen LogP contribution >= 0.6 is 0 Å². The first-order chi connectivity index (χ1) is 9.95. The Kier molecular flexibility index (Phi) is 3.44. The first-order valence-electron chi connectivity index (χ1n) is 6.79. The Morgan fingerprint density at radius 1 is 1.43 bits per heavy atom. The monoisotopic (exact) mass is 307 g/mol. The highest BCUT2D eigenvalue weighted by Gasteiger charge is 2.26. The first-order valence-corrected chi connectivity index (χ1v) is 8.75. The lowest BCUT2D eigenvalue weighted by molar-refractivity contribution is 0.366. The number of aromatic nitrogens is 2. The molecule has 0 saturated heterocycles. The molecule has 3 rings (SSSR count). The van der Waals surface area contributed by atoms with Gasteiger partial charge in [-0.25, -0.2) is 8.42 Å². The summed E-state index contributed by atoms with van der Waals surface area (Å²) in [5, 5.41) is 6.39. The van der Waals surface area contributed by atoms with E-state index in [1.54, 1.807) is 6.92 Å². The van der Waals surface area contributed by atoms with Crippen molar-refractivity contribution >= 4 is 15.5 Å². The van der Waals surface area contributed by atoms with Gasteiger partial charge in [0.15, 0.2) is 15.7 Å². The predicted molar refractivity (Wildman–Crippen MR) is 78.9 cm³/mol. The Bertz CT molecular complexity index is 754. The highest BCUT2D eigenvalue weighted by Crippen LogP contribution is 2.33. The van der Waals surface area contributed by atoms with E-state index in [-0.39, 0.29) is 11.7 Å². The van der Waals surface area contributed by atoms with E-state index in [2.05, 4.69) is 21.5 Å². The van der Waals surface area contributed by atoms with Gasteiger partial charge >= 0.3 is 0 Å². The molecule has 1 N–H and O–H groups in total. The molecular formula is C14H17N3O3S. The normalized spacial score (nSPS) is 19.0. The van der Waals surface area contributed by atoms with Crippen molar-refractivity contribution in [3.05, 3.63) is 41.5 Å². The molecule has 6 nitrogen and oxygen atoms in total. The van der Waals surface area contributed by atoms with E-state index in [0.717, 1.165) is 12.2 Å². The molecule has 2 aromatic rings. The number of para-hydroxylation sites is 1. The van der Waals surface area contributed by atoms with Gasteiger partial charge in [0.1, 0.15) is 5.25 Å². The van der Waals surface area contributed by atoms with Crippen molar-refractivity contribution in [3.63, 3.8) is 0 Å². The Hall–Kier alpha value is -1.89. The number of hydrogen-bond acceptors (Lipinski definition) is 6. The van der Waals surface area contributed by atoms with E-state index < -0.39 is 15.1 Å². The van der Waals surface area contributed by atoms with Crippen LogP contribution in [-0.2, 0) is 16.3 Å². The van der Waals surface area contributed by atoms with Gasteiger partial charge in [0, 0.05) is 30.8 Å². The molecule has 2 atom stereocenters. The van der Waals surface area contributed by atoms with Crippen LogP contribution in [0.3, 0.4) is 0 Å². The summed E-state index contributed by atoms with van der Waals surface area (Å²) in [7, 11) is -3.22. The molecule has 2 unspecified atom stereocenters. The van der Waals surface area contributed by atoms with Gasteiger partial charge in [0.2, 0.25) is 5.89 Å². The van der Waals surface area contributed by atoms with Crippen molar-refractivity contribution in [1.29, 1.82) is 0 Å². The topological polar surface area (TPSA) is 85.1 Å². The quantitative estimate of drug-likeness (QED) is 0.929. The molecule has 1 aliphatic rings. The number of nitrogens with zero attached hydrogens (tertiary/aromatic N) is 2. The van der Waals surface area contributed by atoms with Gasteiger partial charge in [-0.1, -0.05) is 23.4 Å². The number of fused-ring (bicyclic) bond motifs is 1. The average molecular weight is 307 g/mol. The van der Waals surface area contributed by atoms with E-state index in [1.807, 2.05) is 18.2 Å². The molecule has 0 aliphatic carbocycles. The minimum Gasteiger partial charge on any atom is -0.384 e. The van der Waals surface area contributed by atoms with E-state index in [0.29, 0.717) is 12.3 Å². The SMILES string of the molecule is CC(c1noc(CC2CNc3ccccc32)n1)S(C)(=O)=O. The minimum atomic E-state index is -3.22. The van der Waals surface area contributed by atoms with E-state index in [9.17, 15) is 8.42 Å². The fourth-order valence-electron chi connectivity index (χ4n) is 2.46. The second-order valence-electron chi connectivity index (χ2n) is 5.39. The third-order valence-corrected chi connectivity index (χ3v) is 5.35. The second kappa shape index (κ2) is 5.14.